The lowest BCUT2D eigenvalue weighted by Gasteiger charge is -2.44. The summed E-state index contributed by atoms with van der Waals surface area (Å²) in [5.74, 6) is 3.74. The fourth-order valence-corrected chi connectivity index (χ4v) is 9.76. The summed E-state index contributed by atoms with van der Waals surface area (Å²) in [4.78, 5) is 0. The molecular formula is C24H46O8S2. The van der Waals surface area contributed by atoms with Gasteiger partial charge in [0, 0.05) is 24.3 Å². The number of ether oxygens (including phenoxy) is 8. The smallest absolute Gasteiger partial charge is 0.285 e. The number of hydrogen-bond donors (Lipinski definition) is 0. The molecule has 0 aliphatic carbocycles. The van der Waals surface area contributed by atoms with Crippen molar-refractivity contribution >= 4 is 21.8 Å². The van der Waals surface area contributed by atoms with Crippen molar-refractivity contribution in [3.05, 3.63) is 0 Å². The molecule has 6 atom stereocenters. The maximum atomic E-state index is 6.39. The SMILES string of the molecule is CCC(OCS1(COC(CC)OC2(CC)OCC(C)O2)CCSCC1)OC1(CC)OCC(C)O1. The average molecular weight is 527 g/mol. The van der Waals surface area contributed by atoms with E-state index in [2.05, 4.69) is 13.8 Å². The van der Waals surface area contributed by atoms with Crippen molar-refractivity contribution in [2.24, 2.45) is 0 Å². The van der Waals surface area contributed by atoms with Crippen molar-refractivity contribution in [3.63, 3.8) is 0 Å². The first-order chi connectivity index (χ1) is 16.3. The summed E-state index contributed by atoms with van der Waals surface area (Å²) in [6, 6.07) is 0. The molecule has 0 radical (unpaired) electrons. The van der Waals surface area contributed by atoms with Gasteiger partial charge in [0.25, 0.3) is 11.9 Å². The topological polar surface area (TPSA) is 73.8 Å². The van der Waals surface area contributed by atoms with Gasteiger partial charge in [0.1, 0.15) is 0 Å². The summed E-state index contributed by atoms with van der Waals surface area (Å²) in [5, 5.41) is 0. The molecule has 0 amide bonds. The Morgan fingerprint density at radius 1 is 0.794 bits per heavy atom. The van der Waals surface area contributed by atoms with Crippen molar-refractivity contribution in [2.75, 3.05) is 48.1 Å². The zero-order valence-electron chi connectivity index (χ0n) is 21.9. The molecule has 0 saturated carbocycles. The van der Waals surface area contributed by atoms with E-state index >= 15 is 0 Å². The average Bonchev–Trinajstić information content (AvgIpc) is 3.42. The minimum atomic E-state index is -1.14. The standard InChI is InChI=1S/C24H46O8S2/c1-7-21(31-23(9-3)27-15-19(5)29-23)25-17-34(13-11-33-12-14-34)18-26-22(8-2)32-24(10-4)28-16-20(6)30-24/h19-22H,7-18H2,1-6H3. The van der Waals surface area contributed by atoms with Gasteiger partial charge < -0.3 is 28.4 Å². The van der Waals surface area contributed by atoms with Crippen molar-refractivity contribution in [1.29, 1.82) is 0 Å². The van der Waals surface area contributed by atoms with Gasteiger partial charge in [-0.25, -0.2) is 0 Å². The summed E-state index contributed by atoms with van der Waals surface area (Å²) in [6.45, 7) is 13.2. The molecule has 0 aromatic heterocycles. The Hall–Kier alpha value is 0.380. The van der Waals surface area contributed by atoms with Crippen molar-refractivity contribution in [2.45, 2.75) is 104 Å². The second-order valence-corrected chi connectivity index (χ2v) is 14.2. The van der Waals surface area contributed by atoms with Crippen LogP contribution < -0.4 is 0 Å². The highest BCUT2D eigenvalue weighted by Gasteiger charge is 2.44. The minimum absolute atomic E-state index is 0.0198. The van der Waals surface area contributed by atoms with Gasteiger partial charge in [-0.2, -0.15) is 21.8 Å². The summed E-state index contributed by atoms with van der Waals surface area (Å²) < 4.78 is 48.8. The van der Waals surface area contributed by atoms with E-state index < -0.39 is 22.0 Å². The summed E-state index contributed by atoms with van der Waals surface area (Å²) in [6.07, 6.45) is 1.96. The Bertz CT molecular complexity index is 564. The Labute approximate surface area is 211 Å². The molecule has 6 unspecified atom stereocenters. The number of thioether (sulfide) groups is 1. The highest BCUT2D eigenvalue weighted by atomic mass is 32.3. The molecule has 202 valence electrons. The third-order valence-electron chi connectivity index (χ3n) is 6.32. The van der Waals surface area contributed by atoms with Crippen LogP contribution in [0.25, 0.3) is 0 Å². The van der Waals surface area contributed by atoms with Crippen molar-refractivity contribution < 1.29 is 37.9 Å². The zero-order chi connectivity index (χ0) is 24.7. The van der Waals surface area contributed by atoms with E-state index in [-0.39, 0.29) is 24.8 Å². The first-order valence-electron chi connectivity index (χ1n) is 12.8. The van der Waals surface area contributed by atoms with Crippen LogP contribution in [0.3, 0.4) is 0 Å². The van der Waals surface area contributed by atoms with Gasteiger partial charge >= 0.3 is 0 Å². The van der Waals surface area contributed by atoms with Crippen LogP contribution >= 0.6 is 21.8 Å². The van der Waals surface area contributed by atoms with E-state index in [0.29, 0.717) is 37.9 Å². The molecule has 3 aliphatic heterocycles. The molecule has 0 N–H and O–H groups in total. The first kappa shape index (κ1) is 28.9. The van der Waals surface area contributed by atoms with E-state index in [9.17, 15) is 0 Å². The van der Waals surface area contributed by atoms with E-state index in [4.69, 9.17) is 37.9 Å². The molecule has 10 heteroatoms. The molecular weight excluding hydrogens is 480 g/mol. The maximum Gasteiger partial charge on any atom is 0.285 e. The molecule has 0 aromatic carbocycles. The first-order valence-corrected chi connectivity index (χ1v) is 16.3. The van der Waals surface area contributed by atoms with Crippen LogP contribution in [-0.4, -0.2) is 84.8 Å². The van der Waals surface area contributed by atoms with Crippen molar-refractivity contribution in [1.82, 2.24) is 0 Å². The minimum Gasteiger partial charge on any atom is -0.343 e. The third kappa shape index (κ3) is 7.69. The zero-order valence-corrected chi connectivity index (χ0v) is 23.5. The molecule has 0 spiro atoms. The van der Waals surface area contributed by atoms with Crippen LogP contribution in [0.2, 0.25) is 0 Å². The van der Waals surface area contributed by atoms with Gasteiger partial charge in [0.05, 0.1) is 37.3 Å². The van der Waals surface area contributed by atoms with Crippen molar-refractivity contribution in [3.8, 4) is 0 Å². The monoisotopic (exact) mass is 526 g/mol. The quantitative estimate of drug-likeness (QED) is 0.291. The largest absolute Gasteiger partial charge is 0.343 e. The van der Waals surface area contributed by atoms with Gasteiger partial charge in [-0.05, 0) is 38.2 Å². The van der Waals surface area contributed by atoms with Crippen LogP contribution in [-0.2, 0) is 37.9 Å². The predicted octanol–water partition coefficient (Wildman–Crippen LogP) is 4.99. The number of rotatable bonds is 14. The number of hydrogen-bond acceptors (Lipinski definition) is 9. The molecule has 3 aliphatic rings. The Balaban J connectivity index is 1.57. The Kier molecular flexibility index (Phi) is 11.3. The van der Waals surface area contributed by atoms with Gasteiger partial charge in [0.2, 0.25) is 0 Å². The summed E-state index contributed by atoms with van der Waals surface area (Å²) >= 11 is 2.00. The normalized spacial score (nSPS) is 36.4. The van der Waals surface area contributed by atoms with E-state index in [1.807, 2.05) is 39.5 Å². The van der Waals surface area contributed by atoms with E-state index in [1.165, 1.54) is 0 Å². The summed E-state index contributed by atoms with van der Waals surface area (Å²) in [7, 11) is -1.14. The van der Waals surface area contributed by atoms with Gasteiger partial charge in [-0.1, -0.05) is 27.7 Å². The van der Waals surface area contributed by atoms with Crippen LogP contribution in [0.1, 0.15) is 67.2 Å². The fourth-order valence-electron chi connectivity index (χ4n) is 4.16. The second kappa shape index (κ2) is 13.3. The van der Waals surface area contributed by atoms with Gasteiger partial charge in [0.15, 0.2) is 12.6 Å². The van der Waals surface area contributed by atoms with E-state index in [0.717, 1.165) is 35.9 Å². The lowest BCUT2D eigenvalue weighted by molar-refractivity contribution is -0.384. The predicted molar refractivity (Wildman–Crippen MR) is 136 cm³/mol. The maximum absolute atomic E-state index is 6.39. The Morgan fingerprint density at radius 3 is 1.56 bits per heavy atom. The molecule has 8 nitrogen and oxygen atoms in total. The summed E-state index contributed by atoms with van der Waals surface area (Å²) in [5.41, 5.74) is 0. The van der Waals surface area contributed by atoms with Gasteiger partial charge in [-0.3, -0.25) is 9.47 Å². The lowest BCUT2D eigenvalue weighted by atomic mass is 10.4. The third-order valence-corrected chi connectivity index (χ3v) is 11.2. The van der Waals surface area contributed by atoms with E-state index in [1.54, 1.807) is 0 Å². The molecule has 3 fully saturated rings. The van der Waals surface area contributed by atoms with Crippen LogP contribution in [0.5, 0.6) is 0 Å². The molecule has 0 aromatic rings. The molecule has 0 bridgehead atoms. The lowest BCUT2D eigenvalue weighted by Crippen LogP contribution is -2.40. The van der Waals surface area contributed by atoms with Gasteiger partial charge in [-0.15, -0.1) is 0 Å². The Morgan fingerprint density at radius 2 is 1.24 bits per heavy atom. The van der Waals surface area contributed by atoms with Crippen LogP contribution in [0.15, 0.2) is 0 Å². The molecule has 3 rings (SSSR count). The molecule has 34 heavy (non-hydrogen) atoms. The highest BCUT2D eigenvalue weighted by Crippen LogP contribution is 2.52. The second-order valence-electron chi connectivity index (χ2n) is 9.28. The molecule has 3 saturated heterocycles. The fraction of sp³-hybridized carbons (Fsp3) is 1.00. The van der Waals surface area contributed by atoms with Crippen LogP contribution in [0, 0.1) is 0 Å². The molecule has 3 heterocycles. The highest BCUT2D eigenvalue weighted by molar-refractivity contribution is 8.34. The van der Waals surface area contributed by atoms with Crippen LogP contribution in [0.4, 0.5) is 0 Å².